The molecule has 3 aromatic carbocycles. The Morgan fingerprint density at radius 2 is 1.74 bits per heavy atom. The van der Waals surface area contributed by atoms with Crippen molar-refractivity contribution in [2.45, 2.75) is 23.8 Å². The van der Waals surface area contributed by atoms with Crippen molar-refractivity contribution in [3.63, 3.8) is 0 Å². The number of rotatable bonds is 3. The van der Waals surface area contributed by atoms with E-state index >= 15 is 0 Å². The molecule has 0 aromatic heterocycles. The molecule has 0 radical (unpaired) electrons. The first kappa shape index (κ1) is 21.7. The molecule has 3 aliphatic heterocycles. The van der Waals surface area contributed by atoms with Gasteiger partial charge in [0.05, 0.1) is 6.04 Å². The summed E-state index contributed by atoms with van der Waals surface area (Å²) in [6.45, 7) is 1.75. The van der Waals surface area contributed by atoms with Gasteiger partial charge in [0.15, 0.2) is 17.3 Å². The van der Waals surface area contributed by atoms with Gasteiger partial charge >= 0.3 is 0 Å². The normalized spacial score (nSPS) is 19.7. The van der Waals surface area contributed by atoms with E-state index in [0.29, 0.717) is 36.6 Å². The minimum atomic E-state index is -3.70. The topological polar surface area (TPSA) is 97.3 Å². The zero-order valence-corrected chi connectivity index (χ0v) is 19.6. The van der Waals surface area contributed by atoms with Gasteiger partial charge in [-0.3, -0.25) is 4.79 Å². The molecular formula is C26H23N3O5S. The number of carbonyl (C=O) groups excluding carboxylic acids is 1. The number of likely N-dealkylation sites (tertiary alicyclic amines) is 1. The van der Waals surface area contributed by atoms with Crippen LogP contribution in [0.5, 0.6) is 11.5 Å². The Bertz CT molecular complexity index is 1450. The Kier molecular flexibility index (Phi) is 5.21. The van der Waals surface area contributed by atoms with Crippen LogP contribution in [0, 0.1) is 0 Å². The maximum Gasteiger partial charge on any atom is 0.285 e. The van der Waals surface area contributed by atoms with Crippen LogP contribution in [-0.2, 0) is 10.0 Å². The first-order valence-electron chi connectivity index (χ1n) is 11.5. The standard InChI is InChI=1S/C26H23N3O5S/c30-26(29-13-3-5-21(29)18-9-12-22-23(16-18)34-15-14-33-22)17-7-10-19(11-8-17)27-25-20-4-1-2-6-24(20)35(31,32)28-25/h1-2,4,6-12,16,21H,3,5,13-15H2,(H,27,28)/t21-/m0/s1. The second-order valence-electron chi connectivity index (χ2n) is 8.67. The largest absolute Gasteiger partial charge is 0.486 e. The average molecular weight is 490 g/mol. The van der Waals surface area contributed by atoms with Crippen LogP contribution in [0.3, 0.4) is 0 Å². The van der Waals surface area contributed by atoms with Crippen LogP contribution < -0.4 is 14.8 Å². The van der Waals surface area contributed by atoms with Crippen molar-refractivity contribution in [3.8, 4) is 11.5 Å². The second-order valence-corrected chi connectivity index (χ2v) is 10.2. The van der Waals surface area contributed by atoms with E-state index in [2.05, 4.69) is 9.71 Å². The van der Waals surface area contributed by atoms with E-state index in [0.717, 1.165) is 29.9 Å². The van der Waals surface area contributed by atoms with Crippen molar-refractivity contribution in [1.29, 1.82) is 0 Å². The van der Waals surface area contributed by atoms with Crippen LogP contribution in [-0.4, -0.2) is 44.8 Å². The van der Waals surface area contributed by atoms with E-state index in [1.807, 2.05) is 23.1 Å². The van der Waals surface area contributed by atoms with Crippen LogP contribution >= 0.6 is 0 Å². The van der Waals surface area contributed by atoms with Crippen molar-refractivity contribution < 1.29 is 22.7 Å². The fourth-order valence-electron chi connectivity index (χ4n) is 4.82. The van der Waals surface area contributed by atoms with Crippen molar-refractivity contribution >= 4 is 27.5 Å². The van der Waals surface area contributed by atoms with Gasteiger partial charge in [0.25, 0.3) is 15.9 Å². The number of fused-ring (bicyclic) bond motifs is 2. The molecule has 1 fully saturated rings. The molecule has 0 spiro atoms. The molecule has 178 valence electrons. The number of benzene rings is 3. The molecule has 9 heteroatoms. The Balaban J connectivity index is 1.20. The van der Waals surface area contributed by atoms with E-state index in [-0.39, 0.29) is 22.7 Å². The Hall–Kier alpha value is -3.85. The maximum absolute atomic E-state index is 13.4. The number of carbonyl (C=O) groups is 1. The lowest BCUT2D eigenvalue weighted by Crippen LogP contribution is -2.30. The van der Waals surface area contributed by atoms with Crippen LogP contribution in [0.4, 0.5) is 5.69 Å². The van der Waals surface area contributed by atoms with Crippen molar-refractivity contribution in [2.75, 3.05) is 25.1 Å². The summed E-state index contributed by atoms with van der Waals surface area (Å²) in [6.07, 6.45) is 1.82. The zero-order valence-electron chi connectivity index (χ0n) is 18.8. The summed E-state index contributed by atoms with van der Waals surface area (Å²) in [5.41, 5.74) is 2.79. The number of ether oxygens (including phenoxy) is 2. The maximum atomic E-state index is 13.4. The summed E-state index contributed by atoms with van der Waals surface area (Å²) < 4.78 is 39.8. The zero-order chi connectivity index (χ0) is 24.0. The molecule has 1 amide bonds. The summed E-state index contributed by atoms with van der Waals surface area (Å²) in [4.78, 5) is 15.5. The molecule has 0 bridgehead atoms. The summed E-state index contributed by atoms with van der Waals surface area (Å²) in [7, 11) is -3.70. The molecule has 1 saturated heterocycles. The highest BCUT2D eigenvalue weighted by Crippen LogP contribution is 2.38. The predicted octanol–water partition coefficient (Wildman–Crippen LogP) is 4.00. The number of hydrogen-bond acceptors (Lipinski definition) is 6. The van der Waals surface area contributed by atoms with Gasteiger partial charge in [-0.1, -0.05) is 18.2 Å². The molecule has 35 heavy (non-hydrogen) atoms. The minimum absolute atomic E-state index is 0.0225. The number of anilines is 1. The van der Waals surface area contributed by atoms with E-state index in [1.165, 1.54) is 0 Å². The lowest BCUT2D eigenvalue weighted by atomic mass is 10.0. The Morgan fingerprint density at radius 3 is 2.57 bits per heavy atom. The number of sulfonamides is 1. The molecule has 1 N–H and O–H groups in total. The van der Waals surface area contributed by atoms with Crippen LogP contribution in [0.15, 0.2) is 76.0 Å². The number of amidine groups is 1. The average Bonchev–Trinajstić information content (AvgIpc) is 3.47. The third-order valence-corrected chi connectivity index (χ3v) is 7.83. The Labute approximate surface area is 203 Å². The lowest BCUT2D eigenvalue weighted by Gasteiger charge is -2.27. The van der Waals surface area contributed by atoms with Gasteiger partial charge in [0, 0.05) is 23.4 Å². The molecule has 3 heterocycles. The van der Waals surface area contributed by atoms with E-state index in [4.69, 9.17) is 9.47 Å². The third-order valence-electron chi connectivity index (χ3n) is 6.49. The van der Waals surface area contributed by atoms with Crippen LogP contribution in [0.25, 0.3) is 0 Å². The summed E-state index contributed by atoms with van der Waals surface area (Å²) in [5, 5.41) is 3.07. The first-order valence-corrected chi connectivity index (χ1v) is 13.0. The van der Waals surface area contributed by atoms with Gasteiger partial charge in [0.1, 0.15) is 18.1 Å². The quantitative estimate of drug-likeness (QED) is 0.597. The smallest absolute Gasteiger partial charge is 0.285 e. The number of nitrogens with one attached hydrogen (secondary N) is 1. The SMILES string of the molecule is O=C(c1ccc(NC2=NS(=O)(=O)c3ccccc32)cc1)N1CCC[C@H]1c1ccc2c(c1)OCCO2. The highest BCUT2D eigenvalue weighted by Gasteiger charge is 2.32. The molecule has 3 aromatic rings. The van der Waals surface area contributed by atoms with Crippen molar-refractivity contribution in [2.24, 2.45) is 4.40 Å². The fourth-order valence-corrected chi connectivity index (χ4v) is 5.99. The molecular weight excluding hydrogens is 466 g/mol. The highest BCUT2D eigenvalue weighted by atomic mass is 32.2. The van der Waals surface area contributed by atoms with Gasteiger partial charge in [-0.05, 0) is 66.9 Å². The summed E-state index contributed by atoms with van der Waals surface area (Å²) in [5.74, 6) is 1.70. The molecule has 8 nitrogen and oxygen atoms in total. The lowest BCUT2D eigenvalue weighted by molar-refractivity contribution is 0.0735. The van der Waals surface area contributed by atoms with Gasteiger partial charge in [-0.2, -0.15) is 8.42 Å². The monoisotopic (exact) mass is 489 g/mol. The second kappa shape index (κ2) is 8.42. The number of amides is 1. The number of nitrogens with zero attached hydrogens (tertiary/aromatic N) is 2. The highest BCUT2D eigenvalue weighted by molar-refractivity contribution is 7.90. The summed E-state index contributed by atoms with van der Waals surface area (Å²) in [6, 6.07) is 19.6. The molecule has 1 atom stereocenters. The van der Waals surface area contributed by atoms with E-state index < -0.39 is 10.0 Å². The predicted molar refractivity (Wildman–Crippen MR) is 131 cm³/mol. The van der Waals surface area contributed by atoms with Gasteiger partial charge < -0.3 is 19.7 Å². The van der Waals surface area contributed by atoms with Crippen LogP contribution in [0.2, 0.25) is 0 Å². The Morgan fingerprint density at radius 1 is 0.971 bits per heavy atom. The fraction of sp³-hybridized carbons (Fsp3) is 0.231. The van der Waals surface area contributed by atoms with Crippen molar-refractivity contribution in [1.82, 2.24) is 4.90 Å². The molecule has 0 aliphatic carbocycles. The minimum Gasteiger partial charge on any atom is -0.486 e. The first-order chi connectivity index (χ1) is 17.0. The molecule has 6 rings (SSSR count). The van der Waals surface area contributed by atoms with Gasteiger partial charge in [-0.15, -0.1) is 4.40 Å². The number of hydrogen-bond donors (Lipinski definition) is 1. The molecule has 3 aliphatic rings. The van der Waals surface area contributed by atoms with Gasteiger partial charge in [-0.25, -0.2) is 0 Å². The van der Waals surface area contributed by atoms with Gasteiger partial charge in [0.2, 0.25) is 0 Å². The third kappa shape index (κ3) is 3.91. The molecule has 0 unspecified atom stereocenters. The van der Waals surface area contributed by atoms with E-state index in [1.54, 1.807) is 48.5 Å². The van der Waals surface area contributed by atoms with Crippen LogP contribution in [0.1, 0.15) is 40.4 Å². The van der Waals surface area contributed by atoms with Crippen molar-refractivity contribution in [3.05, 3.63) is 83.4 Å². The van der Waals surface area contributed by atoms with E-state index in [9.17, 15) is 13.2 Å². The summed E-state index contributed by atoms with van der Waals surface area (Å²) >= 11 is 0. The molecule has 0 saturated carbocycles.